The second-order valence-electron chi connectivity index (χ2n) is 4.98. The minimum absolute atomic E-state index is 0.0765. The Morgan fingerprint density at radius 2 is 2.16 bits per heavy atom. The number of carbonyl (C=O) groups excluding carboxylic acids is 1. The average molecular weight is 267 g/mol. The van der Waals surface area contributed by atoms with E-state index in [1.165, 1.54) is 19.2 Å². The normalized spacial score (nSPS) is 12.5. The number of nitrogens with zero attached hydrogens (tertiary/aromatic N) is 1. The van der Waals surface area contributed by atoms with Crippen molar-refractivity contribution >= 4 is 5.78 Å². The van der Waals surface area contributed by atoms with Crippen molar-refractivity contribution in [3.63, 3.8) is 0 Å². The first-order valence-electron chi connectivity index (χ1n) is 6.53. The molecular formula is C15H22FNO2. The van der Waals surface area contributed by atoms with Crippen molar-refractivity contribution in [2.24, 2.45) is 5.92 Å². The molecule has 0 aliphatic rings. The summed E-state index contributed by atoms with van der Waals surface area (Å²) in [5, 5.41) is 0. The van der Waals surface area contributed by atoms with Gasteiger partial charge >= 0.3 is 0 Å². The van der Waals surface area contributed by atoms with Gasteiger partial charge in [0.05, 0.1) is 13.7 Å². The van der Waals surface area contributed by atoms with Crippen molar-refractivity contribution in [2.45, 2.75) is 20.3 Å². The topological polar surface area (TPSA) is 29.5 Å². The summed E-state index contributed by atoms with van der Waals surface area (Å²) in [6.45, 7) is 5.43. The minimum atomic E-state index is -0.502. The summed E-state index contributed by atoms with van der Waals surface area (Å²) in [5.41, 5.74) is 0.384. The van der Waals surface area contributed by atoms with Gasteiger partial charge in [0.25, 0.3) is 0 Å². The Bertz CT molecular complexity index is 434. The van der Waals surface area contributed by atoms with Gasteiger partial charge in [0.15, 0.2) is 17.3 Å². The molecule has 1 aromatic carbocycles. The van der Waals surface area contributed by atoms with Gasteiger partial charge in [0, 0.05) is 12.1 Å². The standard InChI is InChI=1S/C15H22FNO2/c1-5-11(2)9-17(3)10-14(18)12-6-7-15(19-4)13(16)8-12/h6-8,11H,5,9-10H2,1-4H3. The molecule has 0 aliphatic carbocycles. The second kappa shape index (κ2) is 7.24. The van der Waals surface area contributed by atoms with Crippen molar-refractivity contribution in [1.82, 2.24) is 4.90 Å². The molecule has 1 rings (SSSR count). The molecule has 0 bridgehead atoms. The lowest BCUT2D eigenvalue weighted by Gasteiger charge is -2.19. The number of rotatable bonds is 7. The van der Waals surface area contributed by atoms with Crippen LogP contribution in [0.5, 0.6) is 5.75 Å². The maximum absolute atomic E-state index is 13.5. The zero-order valence-corrected chi connectivity index (χ0v) is 12.1. The van der Waals surface area contributed by atoms with E-state index in [1.54, 1.807) is 6.07 Å². The van der Waals surface area contributed by atoms with Crippen LogP contribution in [0.1, 0.15) is 30.6 Å². The van der Waals surface area contributed by atoms with Gasteiger partial charge in [-0.25, -0.2) is 4.39 Å². The fourth-order valence-electron chi connectivity index (χ4n) is 1.90. The molecule has 0 fully saturated rings. The Balaban J connectivity index is 2.65. The van der Waals surface area contributed by atoms with Gasteiger partial charge in [-0.05, 0) is 31.2 Å². The van der Waals surface area contributed by atoms with E-state index in [2.05, 4.69) is 13.8 Å². The summed E-state index contributed by atoms with van der Waals surface area (Å²) < 4.78 is 18.4. The van der Waals surface area contributed by atoms with E-state index >= 15 is 0 Å². The zero-order valence-electron chi connectivity index (χ0n) is 12.1. The molecule has 1 atom stereocenters. The van der Waals surface area contributed by atoms with Crippen LogP contribution in [0.2, 0.25) is 0 Å². The molecule has 0 heterocycles. The Kier molecular flexibility index (Phi) is 5.96. The van der Waals surface area contributed by atoms with Crippen molar-refractivity contribution in [2.75, 3.05) is 27.2 Å². The van der Waals surface area contributed by atoms with Crippen molar-refractivity contribution in [3.05, 3.63) is 29.6 Å². The number of likely N-dealkylation sites (N-methyl/N-ethyl adjacent to an activating group) is 1. The maximum Gasteiger partial charge on any atom is 0.176 e. The van der Waals surface area contributed by atoms with Crippen LogP contribution in [0, 0.1) is 11.7 Å². The molecule has 1 unspecified atom stereocenters. The second-order valence-corrected chi connectivity index (χ2v) is 4.98. The molecule has 0 aromatic heterocycles. The maximum atomic E-state index is 13.5. The van der Waals surface area contributed by atoms with E-state index in [9.17, 15) is 9.18 Å². The number of hydrogen-bond acceptors (Lipinski definition) is 3. The van der Waals surface area contributed by atoms with Crippen LogP contribution in [-0.4, -0.2) is 37.9 Å². The molecule has 0 aliphatic heterocycles. The highest BCUT2D eigenvalue weighted by molar-refractivity contribution is 5.97. The van der Waals surface area contributed by atoms with Crippen LogP contribution >= 0.6 is 0 Å². The Morgan fingerprint density at radius 3 is 2.68 bits per heavy atom. The number of ketones is 1. The van der Waals surface area contributed by atoms with Crippen LogP contribution < -0.4 is 4.74 Å². The van der Waals surface area contributed by atoms with E-state index in [4.69, 9.17) is 4.74 Å². The summed E-state index contributed by atoms with van der Waals surface area (Å²) in [6.07, 6.45) is 1.08. The molecule has 106 valence electrons. The van der Waals surface area contributed by atoms with E-state index in [0.29, 0.717) is 18.0 Å². The molecule has 0 amide bonds. The number of carbonyl (C=O) groups is 1. The predicted molar refractivity (Wildman–Crippen MR) is 74.2 cm³/mol. The Labute approximate surface area is 114 Å². The fourth-order valence-corrected chi connectivity index (χ4v) is 1.90. The van der Waals surface area contributed by atoms with E-state index in [-0.39, 0.29) is 11.5 Å². The fraction of sp³-hybridized carbons (Fsp3) is 0.533. The predicted octanol–water partition coefficient (Wildman–Crippen LogP) is 2.99. The summed E-state index contributed by atoms with van der Waals surface area (Å²) in [4.78, 5) is 14.0. The van der Waals surface area contributed by atoms with Crippen molar-refractivity contribution in [1.29, 1.82) is 0 Å². The third kappa shape index (κ3) is 4.63. The highest BCUT2D eigenvalue weighted by Gasteiger charge is 2.13. The van der Waals surface area contributed by atoms with Crippen molar-refractivity contribution in [3.8, 4) is 5.75 Å². The zero-order chi connectivity index (χ0) is 14.4. The lowest BCUT2D eigenvalue weighted by molar-refractivity contribution is 0.0938. The van der Waals surface area contributed by atoms with Gasteiger partial charge in [-0.3, -0.25) is 9.69 Å². The Hall–Kier alpha value is -1.42. The SMILES string of the molecule is CCC(C)CN(C)CC(=O)c1ccc(OC)c(F)c1. The van der Waals surface area contributed by atoms with E-state index in [1.807, 2.05) is 11.9 Å². The molecule has 1 aromatic rings. The summed E-state index contributed by atoms with van der Waals surface area (Å²) in [5.74, 6) is 0.125. The number of methoxy groups -OCH3 is 1. The number of halogens is 1. The van der Waals surface area contributed by atoms with Gasteiger partial charge in [-0.15, -0.1) is 0 Å². The molecule has 19 heavy (non-hydrogen) atoms. The first-order valence-corrected chi connectivity index (χ1v) is 6.53. The summed E-state index contributed by atoms with van der Waals surface area (Å²) in [6, 6.07) is 4.32. The molecule has 0 saturated carbocycles. The molecule has 0 radical (unpaired) electrons. The van der Waals surface area contributed by atoms with Gasteiger partial charge in [0.2, 0.25) is 0 Å². The lowest BCUT2D eigenvalue weighted by atomic mass is 10.1. The van der Waals surface area contributed by atoms with Gasteiger partial charge in [-0.1, -0.05) is 20.3 Å². The monoisotopic (exact) mass is 267 g/mol. The third-order valence-electron chi connectivity index (χ3n) is 3.21. The third-order valence-corrected chi connectivity index (χ3v) is 3.21. The van der Waals surface area contributed by atoms with Crippen LogP contribution in [0.25, 0.3) is 0 Å². The molecule has 0 saturated heterocycles. The van der Waals surface area contributed by atoms with Crippen molar-refractivity contribution < 1.29 is 13.9 Å². The van der Waals surface area contributed by atoms with E-state index in [0.717, 1.165) is 13.0 Å². The number of benzene rings is 1. The molecule has 3 nitrogen and oxygen atoms in total. The lowest BCUT2D eigenvalue weighted by Crippen LogP contribution is -2.30. The number of Topliss-reactive ketones (excluding diaryl/α,β-unsaturated/α-hetero) is 1. The van der Waals surface area contributed by atoms with Gasteiger partial charge in [0.1, 0.15) is 0 Å². The van der Waals surface area contributed by atoms with Crippen LogP contribution in [0.3, 0.4) is 0 Å². The molecular weight excluding hydrogens is 245 g/mol. The highest BCUT2D eigenvalue weighted by Crippen LogP contribution is 2.18. The number of hydrogen-bond donors (Lipinski definition) is 0. The van der Waals surface area contributed by atoms with E-state index < -0.39 is 5.82 Å². The average Bonchev–Trinajstić information content (AvgIpc) is 2.38. The smallest absolute Gasteiger partial charge is 0.176 e. The van der Waals surface area contributed by atoms with Crippen LogP contribution in [0.15, 0.2) is 18.2 Å². The van der Waals surface area contributed by atoms with Crippen LogP contribution in [0.4, 0.5) is 4.39 Å². The largest absolute Gasteiger partial charge is 0.494 e. The Morgan fingerprint density at radius 1 is 1.47 bits per heavy atom. The van der Waals surface area contributed by atoms with Gasteiger partial charge in [-0.2, -0.15) is 0 Å². The first-order chi connectivity index (χ1) is 8.97. The molecule has 0 N–H and O–H groups in total. The molecule has 4 heteroatoms. The highest BCUT2D eigenvalue weighted by atomic mass is 19.1. The summed E-state index contributed by atoms with van der Waals surface area (Å²) >= 11 is 0. The quantitative estimate of drug-likeness (QED) is 0.711. The van der Waals surface area contributed by atoms with Crippen LogP contribution in [-0.2, 0) is 0 Å². The first kappa shape index (κ1) is 15.6. The molecule has 0 spiro atoms. The number of ether oxygens (including phenoxy) is 1. The minimum Gasteiger partial charge on any atom is -0.494 e. The van der Waals surface area contributed by atoms with Gasteiger partial charge < -0.3 is 4.74 Å². The summed E-state index contributed by atoms with van der Waals surface area (Å²) in [7, 11) is 3.31.